The first-order chi connectivity index (χ1) is 9.49. The third-order valence-electron chi connectivity index (χ3n) is 3.40. The topological polar surface area (TPSA) is 63.4 Å². The summed E-state index contributed by atoms with van der Waals surface area (Å²) in [5.74, 6) is 0. The molecule has 2 aromatic rings. The van der Waals surface area contributed by atoms with Crippen LogP contribution in [-0.4, -0.2) is 10.0 Å². The van der Waals surface area contributed by atoms with Crippen molar-refractivity contribution >= 4 is 5.69 Å². The first kappa shape index (κ1) is 14.2. The molecular formula is C16H17NO3. The van der Waals surface area contributed by atoms with Crippen molar-refractivity contribution in [1.82, 2.24) is 0 Å². The maximum Gasteiger partial charge on any atom is 0.272 e. The van der Waals surface area contributed by atoms with Crippen molar-refractivity contribution in [2.75, 3.05) is 0 Å². The van der Waals surface area contributed by atoms with Gasteiger partial charge in [-0.05, 0) is 25.0 Å². The van der Waals surface area contributed by atoms with Gasteiger partial charge in [-0.3, -0.25) is 10.1 Å². The lowest BCUT2D eigenvalue weighted by Crippen LogP contribution is -2.06. The summed E-state index contributed by atoms with van der Waals surface area (Å²) in [7, 11) is 0. The van der Waals surface area contributed by atoms with Gasteiger partial charge >= 0.3 is 0 Å². The summed E-state index contributed by atoms with van der Waals surface area (Å²) in [5, 5.41) is 21.3. The van der Waals surface area contributed by atoms with Gasteiger partial charge in [0.2, 0.25) is 0 Å². The van der Waals surface area contributed by atoms with Gasteiger partial charge in [-0.1, -0.05) is 42.0 Å². The highest BCUT2D eigenvalue weighted by Crippen LogP contribution is 2.27. The molecule has 0 heterocycles. The van der Waals surface area contributed by atoms with E-state index in [1.54, 1.807) is 18.2 Å². The molecule has 1 unspecified atom stereocenters. The Bertz CT molecular complexity index is 637. The molecule has 4 nitrogen and oxygen atoms in total. The molecule has 20 heavy (non-hydrogen) atoms. The highest BCUT2D eigenvalue weighted by Gasteiger charge is 2.18. The van der Waals surface area contributed by atoms with E-state index in [1.807, 2.05) is 32.0 Å². The van der Waals surface area contributed by atoms with Crippen LogP contribution in [0.1, 0.15) is 28.4 Å². The number of para-hydroxylation sites is 1. The van der Waals surface area contributed by atoms with Crippen molar-refractivity contribution < 1.29 is 10.0 Å². The minimum atomic E-state index is -0.740. The fourth-order valence-corrected chi connectivity index (χ4v) is 2.30. The van der Waals surface area contributed by atoms with E-state index in [0.29, 0.717) is 5.56 Å². The van der Waals surface area contributed by atoms with Crippen LogP contribution in [-0.2, 0) is 6.42 Å². The zero-order valence-electron chi connectivity index (χ0n) is 11.5. The maximum atomic E-state index is 11.0. The lowest BCUT2D eigenvalue weighted by Gasteiger charge is -2.14. The van der Waals surface area contributed by atoms with Gasteiger partial charge in [-0.2, -0.15) is 0 Å². The molecule has 4 heteroatoms. The Labute approximate surface area is 117 Å². The van der Waals surface area contributed by atoms with Crippen LogP contribution in [0.15, 0.2) is 42.5 Å². The quantitative estimate of drug-likeness (QED) is 0.684. The van der Waals surface area contributed by atoms with E-state index < -0.39 is 11.0 Å². The molecule has 0 radical (unpaired) electrons. The number of hydrogen-bond donors (Lipinski definition) is 1. The van der Waals surface area contributed by atoms with Crippen LogP contribution in [0, 0.1) is 24.0 Å². The molecular weight excluding hydrogens is 254 g/mol. The largest absolute Gasteiger partial charge is 0.388 e. The fourth-order valence-electron chi connectivity index (χ4n) is 2.30. The molecule has 2 rings (SSSR count). The third-order valence-corrected chi connectivity index (χ3v) is 3.40. The molecule has 0 aromatic heterocycles. The van der Waals surface area contributed by atoms with E-state index in [9.17, 15) is 15.2 Å². The summed E-state index contributed by atoms with van der Waals surface area (Å²) in [6, 6.07) is 12.4. The molecule has 0 amide bonds. The number of aryl methyl sites for hydroxylation is 2. The summed E-state index contributed by atoms with van der Waals surface area (Å²) < 4.78 is 0. The van der Waals surface area contributed by atoms with Crippen LogP contribution < -0.4 is 0 Å². The second kappa shape index (κ2) is 5.84. The second-order valence-electron chi connectivity index (χ2n) is 4.97. The molecule has 2 aromatic carbocycles. The predicted molar refractivity (Wildman–Crippen MR) is 77.7 cm³/mol. The Morgan fingerprint density at radius 2 is 1.90 bits per heavy atom. The van der Waals surface area contributed by atoms with Crippen molar-refractivity contribution in [2.24, 2.45) is 0 Å². The SMILES string of the molecule is Cc1ccc(C)c(C(O)Cc2ccccc2[N+](=O)[O-])c1. The first-order valence-electron chi connectivity index (χ1n) is 6.46. The molecule has 1 atom stereocenters. The highest BCUT2D eigenvalue weighted by atomic mass is 16.6. The predicted octanol–water partition coefficient (Wildman–Crippen LogP) is 3.49. The number of aliphatic hydroxyl groups is 1. The Balaban J connectivity index is 2.30. The smallest absolute Gasteiger partial charge is 0.272 e. The minimum absolute atomic E-state index is 0.0526. The average molecular weight is 271 g/mol. The van der Waals surface area contributed by atoms with Crippen LogP contribution in [0.5, 0.6) is 0 Å². The Morgan fingerprint density at radius 3 is 2.60 bits per heavy atom. The maximum absolute atomic E-state index is 11.0. The van der Waals surface area contributed by atoms with E-state index in [-0.39, 0.29) is 12.1 Å². The van der Waals surface area contributed by atoms with E-state index in [2.05, 4.69) is 0 Å². The standard InChI is InChI=1S/C16H17NO3/c1-11-7-8-12(2)14(9-11)16(18)10-13-5-3-4-6-15(13)17(19)20/h3-9,16,18H,10H2,1-2H3. The zero-order chi connectivity index (χ0) is 14.7. The van der Waals surface area contributed by atoms with E-state index in [4.69, 9.17) is 0 Å². The van der Waals surface area contributed by atoms with Crippen LogP contribution in [0.25, 0.3) is 0 Å². The molecule has 0 bridgehead atoms. The second-order valence-corrected chi connectivity index (χ2v) is 4.97. The van der Waals surface area contributed by atoms with Crippen molar-refractivity contribution in [1.29, 1.82) is 0 Å². The minimum Gasteiger partial charge on any atom is -0.388 e. The Morgan fingerprint density at radius 1 is 1.20 bits per heavy atom. The summed E-state index contributed by atoms with van der Waals surface area (Å²) in [5.41, 5.74) is 3.47. The molecule has 0 saturated carbocycles. The van der Waals surface area contributed by atoms with Gasteiger partial charge in [0.1, 0.15) is 0 Å². The Hall–Kier alpha value is -2.20. The van der Waals surface area contributed by atoms with Crippen molar-refractivity contribution in [2.45, 2.75) is 26.4 Å². The molecule has 0 saturated heterocycles. The summed E-state index contributed by atoms with van der Waals surface area (Å²) >= 11 is 0. The molecule has 104 valence electrons. The molecule has 1 N–H and O–H groups in total. The lowest BCUT2D eigenvalue weighted by molar-refractivity contribution is -0.385. The average Bonchev–Trinajstić information content (AvgIpc) is 2.41. The zero-order valence-corrected chi connectivity index (χ0v) is 11.5. The highest BCUT2D eigenvalue weighted by molar-refractivity contribution is 5.41. The number of nitro benzene ring substituents is 1. The number of rotatable bonds is 4. The van der Waals surface area contributed by atoms with Gasteiger partial charge in [0.15, 0.2) is 0 Å². The lowest BCUT2D eigenvalue weighted by atomic mass is 9.95. The molecule has 0 aliphatic heterocycles. The van der Waals surface area contributed by atoms with Gasteiger partial charge in [-0.25, -0.2) is 0 Å². The van der Waals surface area contributed by atoms with E-state index >= 15 is 0 Å². The molecule has 0 aliphatic carbocycles. The van der Waals surface area contributed by atoms with Crippen LogP contribution in [0.3, 0.4) is 0 Å². The van der Waals surface area contributed by atoms with Crippen LogP contribution in [0.4, 0.5) is 5.69 Å². The Kier molecular flexibility index (Phi) is 4.15. The first-order valence-corrected chi connectivity index (χ1v) is 6.46. The summed E-state index contributed by atoms with van der Waals surface area (Å²) in [6.07, 6.45) is -0.502. The van der Waals surface area contributed by atoms with Crippen molar-refractivity contribution in [3.63, 3.8) is 0 Å². The van der Waals surface area contributed by atoms with Gasteiger partial charge in [-0.15, -0.1) is 0 Å². The van der Waals surface area contributed by atoms with Gasteiger partial charge in [0, 0.05) is 18.1 Å². The number of benzene rings is 2. The van der Waals surface area contributed by atoms with Gasteiger partial charge in [0.05, 0.1) is 11.0 Å². The molecule has 0 fully saturated rings. The van der Waals surface area contributed by atoms with Crippen LogP contribution >= 0.6 is 0 Å². The third kappa shape index (κ3) is 3.03. The molecule has 0 aliphatic rings. The van der Waals surface area contributed by atoms with Crippen molar-refractivity contribution in [3.8, 4) is 0 Å². The summed E-state index contributed by atoms with van der Waals surface area (Å²) in [6.45, 7) is 3.89. The monoisotopic (exact) mass is 271 g/mol. The van der Waals surface area contributed by atoms with E-state index in [1.165, 1.54) is 6.07 Å². The fraction of sp³-hybridized carbons (Fsp3) is 0.250. The number of hydrogen-bond acceptors (Lipinski definition) is 3. The van der Waals surface area contributed by atoms with Gasteiger partial charge in [0.25, 0.3) is 5.69 Å². The number of aliphatic hydroxyl groups excluding tert-OH is 1. The molecule has 0 spiro atoms. The van der Waals surface area contributed by atoms with E-state index in [0.717, 1.165) is 16.7 Å². The van der Waals surface area contributed by atoms with Crippen LogP contribution in [0.2, 0.25) is 0 Å². The summed E-state index contributed by atoms with van der Waals surface area (Å²) in [4.78, 5) is 10.6. The number of nitrogens with zero attached hydrogens (tertiary/aromatic N) is 1. The van der Waals surface area contributed by atoms with Gasteiger partial charge < -0.3 is 5.11 Å². The van der Waals surface area contributed by atoms with Crippen molar-refractivity contribution in [3.05, 3.63) is 74.8 Å². The number of nitro groups is 1. The normalized spacial score (nSPS) is 12.2.